The Morgan fingerprint density at radius 1 is 1.07 bits per heavy atom. The third-order valence-electron chi connectivity index (χ3n) is 6.11. The molecule has 0 radical (unpaired) electrons. The number of para-hydroxylation sites is 1. The van der Waals surface area contributed by atoms with Crippen LogP contribution in [0.4, 0.5) is 0 Å². The molecule has 0 bridgehead atoms. The molecule has 2 aromatic carbocycles. The fraction of sp³-hybridized carbons (Fsp3) is 0.261. The number of aromatic nitrogens is 1. The average Bonchev–Trinajstić information content (AvgIpc) is 3.00. The topological polar surface area (TPSA) is 62.3 Å². The lowest BCUT2D eigenvalue weighted by Gasteiger charge is -2.27. The van der Waals surface area contributed by atoms with Crippen LogP contribution in [0.1, 0.15) is 33.2 Å². The molecule has 3 aromatic rings. The summed E-state index contributed by atoms with van der Waals surface area (Å²) in [6.45, 7) is 3.93. The lowest BCUT2D eigenvalue weighted by atomic mass is 9.78. The van der Waals surface area contributed by atoms with Crippen molar-refractivity contribution in [3.8, 4) is 0 Å². The second-order valence-electron chi connectivity index (χ2n) is 7.98. The molecule has 1 saturated heterocycles. The summed E-state index contributed by atoms with van der Waals surface area (Å²) < 4.78 is 0. The predicted molar refractivity (Wildman–Crippen MR) is 107 cm³/mol. The number of nitrogens with one attached hydrogen (secondary N) is 1. The number of fused-ring (bicyclic) bond motifs is 3. The second kappa shape index (κ2) is 6.24. The van der Waals surface area contributed by atoms with E-state index in [0.717, 1.165) is 16.5 Å². The Morgan fingerprint density at radius 2 is 1.86 bits per heavy atom. The van der Waals surface area contributed by atoms with Crippen LogP contribution in [0, 0.1) is 5.41 Å². The van der Waals surface area contributed by atoms with Crippen LogP contribution in [-0.2, 0) is 6.54 Å². The minimum atomic E-state index is -0.639. The van der Waals surface area contributed by atoms with Crippen molar-refractivity contribution >= 4 is 22.6 Å². The van der Waals surface area contributed by atoms with E-state index in [0.29, 0.717) is 30.8 Å². The largest absolute Gasteiger partial charge is 0.347 e. The van der Waals surface area contributed by atoms with Gasteiger partial charge in [-0.05, 0) is 24.6 Å². The van der Waals surface area contributed by atoms with Crippen LogP contribution in [0.3, 0.4) is 0 Å². The summed E-state index contributed by atoms with van der Waals surface area (Å²) in [6.07, 6.45) is 1.81. The van der Waals surface area contributed by atoms with Crippen LogP contribution in [-0.4, -0.2) is 40.7 Å². The number of hydrogen-bond acceptors (Lipinski definition) is 4. The minimum Gasteiger partial charge on any atom is -0.347 e. The highest BCUT2D eigenvalue weighted by Crippen LogP contribution is 2.38. The van der Waals surface area contributed by atoms with Crippen molar-refractivity contribution in [2.24, 2.45) is 5.41 Å². The Kier molecular flexibility index (Phi) is 3.81. The molecule has 2 atom stereocenters. The molecule has 1 fully saturated rings. The number of likely N-dealkylation sites (tertiary alicyclic amines) is 1. The van der Waals surface area contributed by atoms with E-state index in [1.165, 1.54) is 0 Å². The Balaban J connectivity index is 1.48. The summed E-state index contributed by atoms with van der Waals surface area (Å²) in [4.78, 5) is 32.8. The number of hydrogen-bond donors (Lipinski definition) is 1. The number of ketones is 1. The highest BCUT2D eigenvalue weighted by Gasteiger charge is 2.51. The zero-order chi connectivity index (χ0) is 19.3. The minimum absolute atomic E-state index is 0.0463. The first-order chi connectivity index (χ1) is 13.6. The SMILES string of the molecule is C[C@]12CN(Cc3cccc4cccnc34)C[C@H]1NC(=O)c1ccccc1C2=O. The number of nitrogens with zero attached hydrogens (tertiary/aromatic N) is 2. The molecular weight excluding hydrogens is 350 g/mol. The molecule has 140 valence electrons. The Morgan fingerprint density at radius 3 is 2.71 bits per heavy atom. The number of benzene rings is 2. The molecule has 3 heterocycles. The molecule has 0 saturated carbocycles. The number of rotatable bonds is 2. The van der Waals surface area contributed by atoms with Crippen molar-refractivity contribution < 1.29 is 9.59 Å². The summed E-state index contributed by atoms with van der Waals surface area (Å²) in [5.41, 5.74) is 2.49. The van der Waals surface area contributed by atoms with E-state index in [1.807, 2.05) is 31.3 Å². The van der Waals surface area contributed by atoms with Crippen LogP contribution >= 0.6 is 0 Å². The monoisotopic (exact) mass is 371 g/mol. The molecule has 2 aliphatic heterocycles. The van der Waals surface area contributed by atoms with Gasteiger partial charge in [0, 0.05) is 36.8 Å². The van der Waals surface area contributed by atoms with Crippen molar-refractivity contribution in [2.45, 2.75) is 19.5 Å². The van der Waals surface area contributed by atoms with Gasteiger partial charge in [0.15, 0.2) is 5.78 Å². The molecule has 5 rings (SSSR count). The number of amides is 1. The van der Waals surface area contributed by atoms with E-state index >= 15 is 0 Å². The van der Waals surface area contributed by atoms with Gasteiger partial charge >= 0.3 is 0 Å². The van der Waals surface area contributed by atoms with E-state index in [4.69, 9.17) is 0 Å². The smallest absolute Gasteiger partial charge is 0.252 e. The maximum absolute atomic E-state index is 13.4. The number of Topliss-reactive ketones (excluding diaryl/α,β-unsaturated/α-hetero) is 1. The summed E-state index contributed by atoms with van der Waals surface area (Å²) in [6, 6.07) is 17.1. The first-order valence-corrected chi connectivity index (χ1v) is 9.56. The Bertz CT molecular complexity index is 1100. The molecular formula is C23H21N3O2. The van der Waals surface area contributed by atoms with E-state index in [-0.39, 0.29) is 17.7 Å². The van der Waals surface area contributed by atoms with Gasteiger partial charge in [-0.15, -0.1) is 0 Å². The van der Waals surface area contributed by atoms with Gasteiger partial charge in [0.1, 0.15) is 0 Å². The number of carbonyl (C=O) groups excluding carboxylic acids is 2. The van der Waals surface area contributed by atoms with Gasteiger partial charge < -0.3 is 5.32 Å². The summed E-state index contributed by atoms with van der Waals surface area (Å²) in [5.74, 6) is -0.114. The zero-order valence-electron chi connectivity index (χ0n) is 15.7. The van der Waals surface area contributed by atoms with Gasteiger partial charge in [-0.3, -0.25) is 19.5 Å². The van der Waals surface area contributed by atoms with Crippen molar-refractivity contribution in [3.05, 3.63) is 77.5 Å². The molecule has 1 amide bonds. The predicted octanol–water partition coefficient (Wildman–Crippen LogP) is 3.05. The molecule has 28 heavy (non-hydrogen) atoms. The van der Waals surface area contributed by atoms with Crippen LogP contribution in [0.15, 0.2) is 60.8 Å². The fourth-order valence-electron chi connectivity index (χ4n) is 4.61. The van der Waals surface area contributed by atoms with E-state index < -0.39 is 5.41 Å². The molecule has 2 aliphatic rings. The van der Waals surface area contributed by atoms with Gasteiger partial charge in [-0.2, -0.15) is 0 Å². The van der Waals surface area contributed by atoms with Gasteiger partial charge in [0.2, 0.25) is 0 Å². The second-order valence-corrected chi connectivity index (χ2v) is 7.98. The van der Waals surface area contributed by atoms with Gasteiger partial charge in [0.25, 0.3) is 5.91 Å². The summed E-state index contributed by atoms with van der Waals surface area (Å²) >= 11 is 0. The molecule has 0 unspecified atom stereocenters. The average molecular weight is 371 g/mol. The van der Waals surface area contributed by atoms with Crippen molar-refractivity contribution in [3.63, 3.8) is 0 Å². The lowest BCUT2D eigenvalue weighted by Crippen LogP contribution is -2.47. The fourth-order valence-corrected chi connectivity index (χ4v) is 4.61. The number of pyridine rings is 1. The standard InChI is InChI=1S/C23H21N3O2/c1-23-14-26(12-16-7-4-6-15-8-5-11-24-20(15)16)13-19(23)25-22(28)18-10-3-2-9-17(18)21(23)27/h2-11,19H,12-14H2,1H3,(H,25,28)/t19-,23+/m1/s1. The number of carbonyl (C=O) groups is 2. The van der Waals surface area contributed by atoms with E-state index in [1.54, 1.807) is 18.2 Å². The molecule has 0 aliphatic carbocycles. The highest BCUT2D eigenvalue weighted by molar-refractivity contribution is 6.12. The quantitative estimate of drug-likeness (QED) is 0.752. The van der Waals surface area contributed by atoms with Crippen molar-refractivity contribution in [1.29, 1.82) is 0 Å². The molecule has 5 heteroatoms. The first kappa shape index (κ1) is 17.1. The molecule has 1 N–H and O–H groups in total. The van der Waals surface area contributed by atoms with Crippen molar-refractivity contribution in [2.75, 3.05) is 13.1 Å². The summed E-state index contributed by atoms with van der Waals surface area (Å²) in [7, 11) is 0. The van der Waals surface area contributed by atoms with E-state index in [2.05, 4.69) is 33.4 Å². The van der Waals surface area contributed by atoms with Crippen LogP contribution in [0.25, 0.3) is 10.9 Å². The Hall–Kier alpha value is -3.05. The normalized spacial score (nSPS) is 24.5. The third kappa shape index (κ3) is 2.54. The highest BCUT2D eigenvalue weighted by atomic mass is 16.2. The van der Waals surface area contributed by atoms with E-state index in [9.17, 15) is 9.59 Å². The molecule has 1 aromatic heterocycles. The Labute approximate surface area is 163 Å². The zero-order valence-corrected chi connectivity index (χ0v) is 15.7. The van der Waals surface area contributed by atoms with Crippen LogP contribution in [0.5, 0.6) is 0 Å². The molecule has 5 nitrogen and oxygen atoms in total. The van der Waals surface area contributed by atoms with Gasteiger partial charge in [0.05, 0.1) is 22.5 Å². The third-order valence-corrected chi connectivity index (χ3v) is 6.11. The van der Waals surface area contributed by atoms with Crippen LogP contribution < -0.4 is 5.32 Å². The maximum Gasteiger partial charge on any atom is 0.252 e. The maximum atomic E-state index is 13.4. The summed E-state index contributed by atoms with van der Waals surface area (Å²) in [5, 5.41) is 4.21. The van der Waals surface area contributed by atoms with Crippen molar-refractivity contribution in [1.82, 2.24) is 15.2 Å². The lowest BCUT2D eigenvalue weighted by molar-refractivity contribution is 0.0789. The molecule has 0 spiro atoms. The first-order valence-electron chi connectivity index (χ1n) is 9.56. The van der Waals surface area contributed by atoms with Gasteiger partial charge in [-0.1, -0.05) is 42.5 Å². The van der Waals surface area contributed by atoms with Crippen LogP contribution in [0.2, 0.25) is 0 Å². The van der Waals surface area contributed by atoms with Gasteiger partial charge in [-0.25, -0.2) is 0 Å².